The van der Waals surface area contributed by atoms with E-state index in [0.717, 1.165) is 17.0 Å². The topological polar surface area (TPSA) is 92.5 Å². The van der Waals surface area contributed by atoms with Gasteiger partial charge in [-0.1, -0.05) is 23.9 Å². The molecule has 0 radical (unpaired) electrons. The molecule has 1 aliphatic heterocycles. The standard InChI is InChI=1S/C19H23N5O3S/c1-13-14(2)20-19(21-15(13)3)28-12-18(25)23-10-8-22(9-11-23)16-6-4-5-7-17(16)24(26)27/h4-7H,8-12H2,1-3H3. The molecule has 1 aliphatic rings. The Morgan fingerprint density at radius 2 is 1.71 bits per heavy atom. The summed E-state index contributed by atoms with van der Waals surface area (Å²) in [5.41, 5.74) is 3.64. The first-order valence-corrected chi connectivity index (χ1v) is 10.1. The molecule has 2 aromatic rings. The van der Waals surface area contributed by atoms with E-state index in [4.69, 9.17) is 0 Å². The predicted molar refractivity (Wildman–Crippen MR) is 109 cm³/mol. The average molecular weight is 401 g/mol. The molecule has 0 N–H and O–H groups in total. The molecule has 1 amide bonds. The summed E-state index contributed by atoms with van der Waals surface area (Å²) in [5.74, 6) is 0.319. The lowest BCUT2D eigenvalue weighted by molar-refractivity contribution is -0.384. The van der Waals surface area contributed by atoms with E-state index in [1.807, 2.05) is 25.7 Å². The van der Waals surface area contributed by atoms with Crippen molar-refractivity contribution in [1.82, 2.24) is 14.9 Å². The van der Waals surface area contributed by atoms with Crippen molar-refractivity contribution in [2.45, 2.75) is 25.9 Å². The molecule has 9 heteroatoms. The second kappa shape index (κ2) is 8.55. The molecule has 0 unspecified atom stereocenters. The Labute approximate surface area is 168 Å². The number of thioether (sulfide) groups is 1. The molecular weight excluding hydrogens is 378 g/mol. The Hall–Kier alpha value is -2.68. The summed E-state index contributed by atoms with van der Waals surface area (Å²) in [5, 5.41) is 11.8. The number of amides is 1. The van der Waals surface area contributed by atoms with Gasteiger partial charge in [0, 0.05) is 43.6 Å². The van der Waals surface area contributed by atoms with E-state index in [1.165, 1.54) is 17.8 Å². The Balaban J connectivity index is 1.56. The van der Waals surface area contributed by atoms with Crippen molar-refractivity contribution >= 4 is 29.0 Å². The van der Waals surface area contributed by atoms with E-state index in [9.17, 15) is 14.9 Å². The lowest BCUT2D eigenvalue weighted by Gasteiger charge is -2.35. The van der Waals surface area contributed by atoms with Gasteiger partial charge in [0.2, 0.25) is 5.91 Å². The maximum atomic E-state index is 12.5. The van der Waals surface area contributed by atoms with Crippen LogP contribution in [-0.2, 0) is 4.79 Å². The number of nitro benzene ring substituents is 1. The Kier molecular flexibility index (Phi) is 6.13. The molecule has 0 atom stereocenters. The van der Waals surface area contributed by atoms with Gasteiger partial charge in [-0.25, -0.2) is 9.97 Å². The number of aryl methyl sites for hydroxylation is 2. The van der Waals surface area contributed by atoms with Crippen molar-refractivity contribution in [3.63, 3.8) is 0 Å². The van der Waals surface area contributed by atoms with Crippen molar-refractivity contribution in [1.29, 1.82) is 0 Å². The summed E-state index contributed by atoms with van der Waals surface area (Å²) >= 11 is 1.35. The molecule has 3 rings (SSSR count). The van der Waals surface area contributed by atoms with Crippen LogP contribution in [0.4, 0.5) is 11.4 Å². The van der Waals surface area contributed by atoms with E-state index in [0.29, 0.717) is 37.0 Å². The highest BCUT2D eigenvalue weighted by atomic mass is 32.2. The minimum absolute atomic E-state index is 0.0340. The molecule has 0 saturated carbocycles. The number of hydrogen-bond donors (Lipinski definition) is 0. The number of hydrogen-bond acceptors (Lipinski definition) is 7. The highest BCUT2D eigenvalue weighted by molar-refractivity contribution is 7.99. The van der Waals surface area contributed by atoms with Crippen LogP contribution in [-0.4, -0.2) is 57.6 Å². The molecule has 28 heavy (non-hydrogen) atoms. The van der Waals surface area contributed by atoms with Crippen LogP contribution in [0.5, 0.6) is 0 Å². The monoisotopic (exact) mass is 401 g/mol. The summed E-state index contributed by atoms with van der Waals surface area (Å²) in [6.45, 7) is 8.09. The lowest BCUT2D eigenvalue weighted by Crippen LogP contribution is -2.49. The minimum Gasteiger partial charge on any atom is -0.362 e. The van der Waals surface area contributed by atoms with Crippen LogP contribution in [0.2, 0.25) is 0 Å². The first-order chi connectivity index (χ1) is 13.4. The molecule has 0 bridgehead atoms. The van der Waals surface area contributed by atoms with E-state index < -0.39 is 0 Å². The summed E-state index contributed by atoms with van der Waals surface area (Å²) < 4.78 is 0. The van der Waals surface area contributed by atoms with Gasteiger partial charge in [0.15, 0.2) is 5.16 Å². The van der Waals surface area contributed by atoms with Gasteiger partial charge in [-0.15, -0.1) is 0 Å². The van der Waals surface area contributed by atoms with Gasteiger partial charge in [-0.3, -0.25) is 14.9 Å². The summed E-state index contributed by atoms with van der Waals surface area (Å²) in [6, 6.07) is 6.72. The molecule has 0 aliphatic carbocycles. The lowest BCUT2D eigenvalue weighted by atomic mass is 10.2. The van der Waals surface area contributed by atoms with Gasteiger partial charge >= 0.3 is 0 Å². The van der Waals surface area contributed by atoms with Crippen molar-refractivity contribution in [2.24, 2.45) is 0 Å². The molecule has 148 valence electrons. The maximum Gasteiger partial charge on any atom is 0.292 e. The smallest absolute Gasteiger partial charge is 0.292 e. The highest BCUT2D eigenvalue weighted by Crippen LogP contribution is 2.28. The molecule has 1 saturated heterocycles. The van der Waals surface area contributed by atoms with Gasteiger partial charge < -0.3 is 9.80 Å². The third kappa shape index (κ3) is 4.41. The van der Waals surface area contributed by atoms with Crippen LogP contribution in [0.25, 0.3) is 0 Å². The van der Waals surface area contributed by atoms with Gasteiger partial charge in [0.1, 0.15) is 5.69 Å². The highest BCUT2D eigenvalue weighted by Gasteiger charge is 2.25. The quantitative estimate of drug-likeness (QED) is 0.329. The molecule has 8 nitrogen and oxygen atoms in total. The normalized spacial score (nSPS) is 14.2. The number of carbonyl (C=O) groups excluding carboxylic acids is 1. The number of aromatic nitrogens is 2. The van der Waals surface area contributed by atoms with Crippen molar-refractivity contribution in [2.75, 3.05) is 36.8 Å². The van der Waals surface area contributed by atoms with Gasteiger partial charge in [0.25, 0.3) is 5.69 Å². The number of rotatable bonds is 5. The van der Waals surface area contributed by atoms with Crippen LogP contribution in [0.15, 0.2) is 29.4 Å². The van der Waals surface area contributed by atoms with Crippen LogP contribution < -0.4 is 4.90 Å². The summed E-state index contributed by atoms with van der Waals surface area (Å²) in [4.78, 5) is 36.0. The summed E-state index contributed by atoms with van der Waals surface area (Å²) in [6.07, 6.45) is 0. The largest absolute Gasteiger partial charge is 0.362 e. The number of benzene rings is 1. The fourth-order valence-electron chi connectivity index (χ4n) is 3.11. The van der Waals surface area contributed by atoms with E-state index in [-0.39, 0.29) is 22.3 Å². The molecule has 1 aromatic heterocycles. The molecule has 1 aromatic carbocycles. The third-order valence-corrected chi connectivity index (χ3v) is 5.82. The zero-order valence-corrected chi connectivity index (χ0v) is 17.0. The fraction of sp³-hybridized carbons (Fsp3) is 0.421. The number of nitrogens with zero attached hydrogens (tertiary/aromatic N) is 5. The fourth-order valence-corrected chi connectivity index (χ4v) is 3.94. The maximum absolute atomic E-state index is 12.5. The van der Waals surface area contributed by atoms with Crippen molar-refractivity contribution in [3.8, 4) is 0 Å². The number of piperazine rings is 1. The first-order valence-electron chi connectivity index (χ1n) is 9.07. The van der Waals surface area contributed by atoms with E-state index in [1.54, 1.807) is 23.1 Å². The third-order valence-electron chi connectivity index (χ3n) is 4.99. The number of anilines is 1. The predicted octanol–water partition coefficient (Wildman–Crippen LogP) is 2.75. The van der Waals surface area contributed by atoms with Crippen molar-refractivity contribution in [3.05, 3.63) is 51.3 Å². The van der Waals surface area contributed by atoms with Gasteiger partial charge in [-0.2, -0.15) is 0 Å². The first kappa shape index (κ1) is 20.1. The summed E-state index contributed by atoms with van der Waals surface area (Å²) in [7, 11) is 0. The van der Waals surface area contributed by atoms with Crippen LogP contribution >= 0.6 is 11.8 Å². The van der Waals surface area contributed by atoms with Crippen molar-refractivity contribution < 1.29 is 9.72 Å². The van der Waals surface area contributed by atoms with Crippen LogP contribution in [0, 0.1) is 30.9 Å². The zero-order valence-electron chi connectivity index (χ0n) is 16.2. The minimum atomic E-state index is -0.366. The second-order valence-corrected chi connectivity index (χ2v) is 7.65. The Bertz CT molecular complexity index is 874. The van der Waals surface area contributed by atoms with Gasteiger partial charge in [-0.05, 0) is 32.4 Å². The van der Waals surface area contributed by atoms with E-state index in [2.05, 4.69) is 9.97 Å². The Morgan fingerprint density at radius 1 is 1.11 bits per heavy atom. The number of nitro groups is 1. The van der Waals surface area contributed by atoms with E-state index >= 15 is 0 Å². The molecule has 1 fully saturated rings. The molecule has 2 heterocycles. The molecule has 0 spiro atoms. The zero-order chi connectivity index (χ0) is 20.3. The van der Waals surface area contributed by atoms with Crippen LogP contribution in [0.1, 0.15) is 17.0 Å². The SMILES string of the molecule is Cc1nc(SCC(=O)N2CCN(c3ccccc3[N+](=O)[O-])CC2)nc(C)c1C. The average Bonchev–Trinajstić information content (AvgIpc) is 2.70. The van der Waals surface area contributed by atoms with Crippen LogP contribution in [0.3, 0.4) is 0 Å². The molecular formula is C19H23N5O3S. The Morgan fingerprint density at radius 3 is 2.32 bits per heavy atom. The number of carbonyl (C=O) groups is 1. The number of para-hydroxylation sites is 2. The van der Waals surface area contributed by atoms with Gasteiger partial charge in [0.05, 0.1) is 10.7 Å². The second-order valence-electron chi connectivity index (χ2n) is 6.70.